The quantitative estimate of drug-likeness (QED) is 0.655. The third kappa shape index (κ3) is 4.05. The lowest BCUT2D eigenvalue weighted by Gasteiger charge is -2.29. The number of nitriles is 1. The molecule has 5 rings (SSSR count). The number of amides is 3. The number of imide groups is 1. The fourth-order valence-electron chi connectivity index (χ4n) is 5.37. The zero-order valence-corrected chi connectivity index (χ0v) is 19.2. The van der Waals surface area contributed by atoms with Crippen LogP contribution in [-0.4, -0.2) is 59.7 Å². The minimum Gasteiger partial charge on any atom is -0.370 e. The highest BCUT2D eigenvalue weighted by atomic mass is 16.2. The Morgan fingerprint density at radius 3 is 2.29 bits per heavy atom. The molecule has 0 aromatic heterocycles. The summed E-state index contributed by atoms with van der Waals surface area (Å²) in [6.45, 7) is 2.71. The molecule has 7 nitrogen and oxygen atoms in total. The lowest BCUT2D eigenvalue weighted by atomic mass is 9.94. The van der Waals surface area contributed by atoms with Crippen LogP contribution in [0.25, 0.3) is 0 Å². The van der Waals surface area contributed by atoms with Gasteiger partial charge in [-0.05, 0) is 61.7 Å². The van der Waals surface area contributed by atoms with E-state index in [0.29, 0.717) is 41.9 Å². The number of nitrogens with zero attached hydrogens (tertiary/aromatic N) is 4. The van der Waals surface area contributed by atoms with Crippen molar-refractivity contribution in [3.63, 3.8) is 0 Å². The van der Waals surface area contributed by atoms with Gasteiger partial charge in [-0.3, -0.25) is 19.3 Å². The molecule has 0 unspecified atom stereocenters. The second-order valence-electron chi connectivity index (χ2n) is 9.32. The van der Waals surface area contributed by atoms with Crippen LogP contribution in [0.3, 0.4) is 0 Å². The second-order valence-corrected chi connectivity index (χ2v) is 9.32. The van der Waals surface area contributed by atoms with E-state index in [-0.39, 0.29) is 23.8 Å². The van der Waals surface area contributed by atoms with Crippen LogP contribution in [0.1, 0.15) is 75.2 Å². The van der Waals surface area contributed by atoms with Gasteiger partial charge in [-0.15, -0.1) is 0 Å². The first-order valence-electron chi connectivity index (χ1n) is 12.1. The summed E-state index contributed by atoms with van der Waals surface area (Å²) in [5.74, 6) is -0.594. The third-order valence-electron chi connectivity index (χ3n) is 7.25. The van der Waals surface area contributed by atoms with E-state index in [4.69, 9.17) is 5.26 Å². The summed E-state index contributed by atoms with van der Waals surface area (Å²) < 4.78 is 0. The first kappa shape index (κ1) is 22.1. The molecule has 7 heteroatoms. The number of carbonyl (C=O) groups excluding carboxylic acids is 3. The van der Waals surface area contributed by atoms with E-state index in [9.17, 15) is 14.4 Å². The first-order valence-corrected chi connectivity index (χ1v) is 12.1. The van der Waals surface area contributed by atoms with Gasteiger partial charge in [-0.25, -0.2) is 0 Å². The summed E-state index contributed by atoms with van der Waals surface area (Å²) in [7, 11) is 0. The molecule has 1 saturated carbocycles. The summed E-state index contributed by atoms with van der Waals surface area (Å²) in [5.41, 5.74) is 2.89. The third-order valence-corrected chi connectivity index (χ3v) is 7.25. The molecule has 0 atom stereocenters. The SMILES string of the molecule is N#Cc1ccc(N2CCCN(C(=O)c3ccc4c(c3)C(=O)N(C3CCCCC3)C4=O)CC2)cc1. The maximum absolute atomic E-state index is 13.3. The second kappa shape index (κ2) is 9.30. The fourth-order valence-corrected chi connectivity index (χ4v) is 5.37. The van der Waals surface area contributed by atoms with Gasteiger partial charge in [0.15, 0.2) is 0 Å². The van der Waals surface area contributed by atoms with Crippen LogP contribution in [0.4, 0.5) is 5.69 Å². The molecule has 3 amide bonds. The molecular weight excluding hydrogens is 428 g/mol. The number of hydrogen-bond acceptors (Lipinski definition) is 5. The van der Waals surface area contributed by atoms with Gasteiger partial charge in [0.05, 0.1) is 22.8 Å². The Balaban J connectivity index is 1.29. The van der Waals surface area contributed by atoms with Gasteiger partial charge in [0.1, 0.15) is 0 Å². The summed E-state index contributed by atoms with van der Waals surface area (Å²) in [6, 6.07) is 14.5. The van der Waals surface area contributed by atoms with E-state index in [0.717, 1.165) is 50.8 Å². The normalized spacial score (nSPS) is 19.1. The number of anilines is 1. The summed E-state index contributed by atoms with van der Waals surface area (Å²) >= 11 is 0. The zero-order valence-electron chi connectivity index (χ0n) is 19.2. The molecule has 1 aliphatic carbocycles. The molecular formula is C27H28N4O3. The van der Waals surface area contributed by atoms with Crippen LogP contribution in [0, 0.1) is 11.3 Å². The zero-order chi connectivity index (χ0) is 23.7. The molecule has 34 heavy (non-hydrogen) atoms. The molecule has 2 heterocycles. The standard InChI is InChI=1S/C27H28N4O3/c28-18-19-7-10-21(11-8-19)29-13-4-14-30(16-15-29)25(32)20-9-12-23-24(17-20)27(34)31(26(23)33)22-5-2-1-3-6-22/h7-12,17,22H,1-6,13-16H2. The van der Waals surface area contributed by atoms with Gasteiger partial charge in [0.25, 0.3) is 17.7 Å². The predicted octanol–water partition coefficient (Wildman–Crippen LogP) is 3.84. The number of carbonyl (C=O) groups is 3. The van der Waals surface area contributed by atoms with Crippen molar-refractivity contribution in [1.82, 2.24) is 9.80 Å². The Kier molecular flexibility index (Phi) is 6.06. The van der Waals surface area contributed by atoms with Crippen molar-refractivity contribution in [1.29, 1.82) is 5.26 Å². The molecule has 174 valence electrons. The average Bonchev–Trinajstić information content (AvgIpc) is 3.03. The predicted molar refractivity (Wildman–Crippen MR) is 128 cm³/mol. The first-order chi connectivity index (χ1) is 16.6. The van der Waals surface area contributed by atoms with E-state index in [1.165, 1.54) is 4.90 Å². The van der Waals surface area contributed by atoms with Crippen molar-refractivity contribution in [3.8, 4) is 6.07 Å². The van der Waals surface area contributed by atoms with E-state index in [1.807, 2.05) is 29.2 Å². The number of rotatable bonds is 3. The van der Waals surface area contributed by atoms with Gasteiger partial charge < -0.3 is 9.80 Å². The Morgan fingerprint density at radius 1 is 0.824 bits per heavy atom. The topological polar surface area (TPSA) is 84.7 Å². The lowest BCUT2D eigenvalue weighted by Crippen LogP contribution is -2.40. The highest BCUT2D eigenvalue weighted by Gasteiger charge is 2.40. The van der Waals surface area contributed by atoms with E-state index in [2.05, 4.69) is 11.0 Å². The minimum absolute atomic E-state index is 0.0286. The molecule has 0 radical (unpaired) electrons. The highest BCUT2D eigenvalue weighted by molar-refractivity contribution is 6.22. The van der Waals surface area contributed by atoms with Crippen molar-refractivity contribution in [3.05, 3.63) is 64.7 Å². The number of benzene rings is 2. The molecule has 0 N–H and O–H groups in total. The van der Waals surface area contributed by atoms with Gasteiger partial charge in [-0.2, -0.15) is 5.26 Å². The van der Waals surface area contributed by atoms with Crippen LogP contribution in [0.5, 0.6) is 0 Å². The number of fused-ring (bicyclic) bond motifs is 1. The molecule has 2 aromatic carbocycles. The molecule has 3 aliphatic rings. The van der Waals surface area contributed by atoms with Crippen LogP contribution in [-0.2, 0) is 0 Å². The lowest BCUT2D eigenvalue weighted by molar-refractivity contribution is 0.0548. The Labute approximate surface area is 199 Å². The molecule has 2 fully saturated rings. The highest BCUT2D eigenvalue weighted by Crippen LogP contribution is 2.31. The molecule has 0 bridgehead atoms. The monoisotopic (exact) mass is 456 g/mol. The Morgan fingerprint density at radius 2 is 1.56 bits per heavy atom. The van der Waals surface area contributed by atoms with Gasteiger partial charge in [-0.1, -0.05) is 19.3 Å². The Hall–Kier alpha value is -3.66. The fraction of sp³-hybridized carbons (Fsp3) is 0.407. The molecule has 2 aliphatic heterocycles. The van der Waals surface area contributed by atoms with Crippen molar-refractivity contribution < 1.29 is 14.4 Å². The maximum atomic E-state index is 13.3. The summed E-state index contributed by atoms with van der Waals surface area (Å²) in [5, 5.41) is 9.01. The largest absolute Gasteiger partial charge is 0.370 e. The van der Waals surface area contributed by atoms with E-state index >= 15 is 0 Å². The van der Waals surface area contributed by atoms with Crippen molar-refractivity contribution in [2.75, 3.05) is 31.1 Å². The smallest absolute Gasteiger partial charge is 0.261 e. The molecule has 0 spiro atoms. The van der Waals surface area contributed by atoms with Gasteiger partial charge in [0.2, 0.25) is 0 Å². The minimum atomic E-state index is -0.260. The van der Waals surface area contributed by atoms with E-state index in [1.54, 1.807) is 18.2 Å². The van der Waals surface area contributed by atoms with Crippen molar-refractivity contribution >= 4 is 23.4 Å². The van der Waals surface area contributed by atoms with Crippen LogP contribution in [0.15, 0.2) is 42.5 Å². The van der Waals surface area contributed by atoms with E-state index < -0.39 is 0 Å². The van der Waals surface area contributed by atoms with Crippen LogP contribution < -0.4 is 4.90 Å². The van der Waals surface area contributed by atoms with Gasteiger partial charge >= 0.3 is 0 Å². The summed E-state index contributed by atoms with van der Waals surface area (Å²) in [4.78, 5) is 44.8. The van der Waals surface area contributed by atoms with Crippen LogP contribution in [0.2, 0.25) is 0 Å². The molecule has 2 aromatic rings. The maximum Gasteiger partial charge on any atom is 0.261 e. The van der Waals surface area contributed by atoms with Crippen molar-refractivity contribution in [2.45, 2.75) is 44.6 Å². The van der Waals surface area contributed by atoms with Crippen LogP contribution >= 0.6 is 0 Å². The number of hydrogen-bond donors (Lipinski definition) is 0. The molecule has 1 saturated heterocycles. The Bertz CT molecular complexity index is 1160. The van der Waals surface area contributed by atoms with Gasteiger partial charge in [0, 0.05) is 43.5 Å². The summed E-state index contributed by atoms with van der Waals surface area (Å²) in [6.07, 6.45) is 5.77. The van der Waals surface area contributed by atoms with Crippen molar-refractivity contribution in [2.24, 2.45) is 0 Å². The average molecular weight is 457 g/mol.